The summed E-state index contributed by atoms with van der Waals surface area (Å²) < 4.78 is 0.368. The van der Waals surface area contributed by atoms with Crippen LogP contribution in [0.3, 0.4) is 0 Å². The lowest BCUT2D eigenvalue weighted by Gasteiger charge is -1.99. The average Bonchev–Trinajstić information content (AvgIpc) is 2.09. The molecule has 0 saturated carbocycles. The van der Waals surface area contributed by atoms with Gasteiger partial charge < -0.3 is 5.73 Å². The zero-order chi connectivity index (χ0) is 10.0. The third kappa shape index (κ3) is 1.76. The molecule has 13 heavy (non-hydrogen) atoms. The lowest BCUT2D eigenvalue weighted by Crippen LogP contribution is -1.95. The third-order valence-corrected chi connectivity index (χ3v) is 2.07. The van der Waals surface area contributed by atoms with Gasteiger partial charge in [0.1, 0.15) is 5.69 Å². The predicted octanol–water partition coefficient (Wildman–Crippen LogP) is 2.49. The maximum Gasteiger partial charge on any atom is 0.283 e. The van der Waals surface area contributed by atoms with Gasteiger partial charge in [-0.1, -0.05) is 0 Å². The Bertz CT molecular complexity index is 411. The Kier molecular flexibility index (Phi) is 2.49. The molecular formula is C7H4BrN3O2. The zero-order valence-corrected chi connectivity index (χ0v) is 7.91. The lowest BCUT2D eigenvalue weighted by atomic mass is 10.2. The Labute approximate surface area is 82.3 Å². The summed E-state index contributed by atoms with van der Waals surface area (Å²) in [6, 6.07) is 2.59. The van der Waals surface area contributed by atoms with Gasteiger partial charge in [-0.3, -0.25) is 10.1 Å². The van der Waals surface area contributed by atoms with Gasteiger partial charge in [-0.25, -0.2) is 4.85 Å². The minimum Gasteiger partial charge on any atom is -0.392 e. The monoisotopic (exact) mass is 241 g/mol. The van der Waals surface area contributed by atoms with Crippen molar-refractivity contribution >= 4 is 33.0 Å². The molecule has 0 aromatic heterocycles. The predicted molar refractivity (Wildman–Crippen MR) is 51.5 cm³/mol. The molecule has 0 saturated heterocycles. The standard InChI is InChI=1S/C7H4BrN3O2/c1-10-4-2-5(8)7(9)6(3-4)11(12)13/h2-3H,9H2. The van der Waals surface area contributed by atoms with Gasteiger partial charge in [0.15, 0.2) is 5.69 Å². The summed E-state index contributed by atoms with van der Waals surface area (Å²) in [6.45, 7) is 6.69. The molecule has 0 radical (unpaired) electrons. The van der Waals surface area contributed by atoms with Crippen LogP contribution in [0.1, 0.15) is 0 Å². The second-order valence-electron chi connectivity index (χ2n) is 2.23. The Morgan fingerprint density at radius 2 is 2.23 bits per heavy atom. The normalized spacial score (nSPS) is 9.23. The smallest absolute Gasteiger partial charge is 0.283 e. The molecule has 2 N–H and O–H groups in total. The SMILES string of the molecule is [C-]#[N+]c1cc(Br)c(N)c([N+](=O)[O-])c1. The average molecular weight is 242 g/mol. The van der Waals surface area contributed by atoms with E-state index in [2.05, 4.69) is 20.8 Å². The van der Waals surface area contributed by atoms with Crippen molar-refractivity contribution in [3.63, 3.8) is 0 Å². The highest BCUT2D eigenvalue weighted by atomic mass is 79.9. The number of nitrogen functional groups attached to an aromatic ring is 1. The van der Waals surface area contributed by atoms with E-state index < -0.39 is 4.92 Å². The number of anilines is 1. The number of nitrogens with two attached hydrogens (primary N) is 1. The number of nitro groups is 1. The van der Waals surface area contributed by atoms with Crippen molar-refractivity contribution in [2.24, 2.45) is 0 Å². The molecule has 5 nitrogen and oxygen atoms in total. The maximum absolute atomic E-state index is 10.4. The Morgan fingerprint density at radius 3 is 2.69 bits per heavy atom. The topological polar surface area (TPSA) is 73.5 Å². The Hall–Kier alpha value is -1.61. The van der Waals surface area contributed by atoms with Crippen molar-refractivity contribution in [2.75, 3.05) is 5.73 Å². The van der Waals surface area contributed by atoms with Crippen LogP contribution in [-0.2, 0) is 0 Å². The van der Waals surface area contributed by atoms with Gasteiger partial charge in [0, 0.05) is 10.5 Å². The van der Waals surface area contributed by atoms with Crippen molar-refractivity contribution < 1.29 is 4.92 Å². The van der Waals surface area contributed by atoms with Crippen molar-refractivity contribution in [1.29, 1.82) is 0 Å². The first-order valence-corrected chi connectivity index (χ1v) is 3.96. The van der Waals surface area contributed by atoms with Gasteiger partial charge in [0.2, 0.25) is 0 Å². The first kappa shape index (κ1) is 9.48. The molecule has 6 heteroatoms. The highest BCUT2D eigenvalue weighted by Crippen LogP contribution is 2.34. The fraction of sp³-hybridized carbons (Fsp3) is 0. The highest BCUT2D eigenvalue weighted by Gasteiger charge is 2.15. The molecule has 0 heterocycles. The van der Waals surface area contributed by atoms with Crippen LogP contribution in [0.15, 0.2) is 16.6 Å². The molecule has 1 rings (SSSR count). The van der Waals surface area contributed by atoms with E-state index in [9.17, 15) is 10.1 Å². The second kappa shape index (κ2) is 3.41. The molecular weight excluding hydrogens is 238 g/mol. The van der Waals surface area contributed by atoms with Gasteiger partial charge in [-0.15, -0.1) is 0 Å². The van der Waals surface area contributed by atoms with Crippen LogP contribution in [0.4, 0.5) is 17.1 Å². The number of rotatable bonds is 1. The maximum atomic E-state index is 10.4. The van der Waals surface area contributed by atoms with Crippen molar-refractivity contribution in [2.45, 2.75) is 0 Å². The molecule has 66 valence electrons. The number of hydrogen-bond donors (Lipinski definition) is 1. The molecule has 1 aromatic rings. The minimum absolute atomic E-state index is 0.0393. The molecule has 0 amide bonds. The lowest BCUT2D eigenvalue weighted by molar-refractivity contribution is -0.383. The van der Waals surface area contributed by atoms with Crippen LogP contribution in [0, 0.1) is 16.7 Å². The van der Waals surface area contributed by atoms with Gasteiger partial charge >= 0.3 is 0 Å². The summed E-state index contributed by atoms with van der Waals surface area (Å²) in [5, 5.41) is 10.4. The van der Waals surface area contributed by atoms with E-state index in [1.54, 1.807) is 0 Å². The summed E-state index contributed by atoms with van der Waals surface area (Å²) in [6.07, 6.45) is 0. The van der Waals surface area contributed by atoms with E-state index in [-0.39, 0.29) is 17.1 Å². The minimum atomic E-state index is -0.616. The number of nitro benzene ring substituents is 1. The summed E-state index contributed by atoms with van der Waals surface area (Å²) in [5.41, 5.74) is 5.39. The first-order chi connectivity index (χ1) is 6.06. The van der Waals surface area contributed by atoms with Crippen molar-refractivity contribution in [3.8, 4) is 0 Å². The Balaban J connectivity index is 3.44. The van der Waals surface area contributed by atoms with E-state index in [1.165, 1.54) is 6.07 Å². The first-order valence-electron chi connectivity index (χ1n) is 3.17. The number of benzene rings is 1. The fourth-order valence-electron chi connectivity index (χ4n) is 0.805. The van der Waals surface area contributed by atoms with Gasteiger partial charge in [0.25, 0.3) is 5.69 Å². The van der Waals surface area contributed by atoms with E-state index in [0.29, 0.717) is 4.47 Å². The van der Waals surface area contributed by atoms with Crippen LogP contribution in [0.25, 0.3) is 4.85 Å². The summed E-state index contributed by atoms with van der Waals surface area (Å²) in [5.74, 6) is 0. The highest BCUT2D eigenvalue weighted by molar-refractivity contribution is 9.10. The van der Waals surface area contributed by atoms with Crippen LogP contribution >= 0.6 is 15.9 Å². The zero-order valence-electron chi connectivity index (χ0n) is 6.32. The van der Waals surface area contributed by atoms with Crippen LogP contribution in [-0.4, -0.2) is 4.92 Å². The number of nitrogens with zero attached hydrogens (tertiary/aromatic N) is 2. The molecule has 0 spiro atoms. The van der Waals surface area contributed by atoms with Gasteiger partial charge in [-0.05, 0) is 22.0 Å². The van der Waals surface area contributed by atoms with Crippen LogP contribution < -0.4 is 5.73 Å². The second-order valence-corrected chi connectivity index (χ2v) is 3.08. The largest absolute Gasteiger partial charge is 0.392 e. The molecule has 0 unspecified atom stereocenters. The van der Waals surface area contributed by atoms with Crippen molar-refractivity contribution in [1.82, 2.24) is 0 Å². The fourth-order valence-corrected chi connectivity index (χ4v) is 1.24. The quantitative estimate of drug-likeness (QED) is 0.355. The third-order valence-electron chi connectivity index (χ3n) is 1.42. The molecule has 0 fully saturated rings. The summed E-state index contributed by atoms with van der Waals surface area (Å²) in [7, 11) is 0. The molecule has 0 atom stereocenters. The van der Waals surface area contributed by atoms with Crippen LogP contribution in [0.2, 0.25) is 0 Å². The summed E-state index contributed by atoms with van der Waals surface area (Å²) >= 11 is 3.03. The van der Waals surface area contributed by atoms with E-state index in [0.717, 1.165) is 6.07 Å². The van der Waals surface area contributed by atoms with E-state index in [4.69, 9.17) is 12.3 Å². The molecule has 0 aliphatic carbocycles. The molecule has 0 aliphatic rings. The van der Waals surface area contributed by atoms with Gasteiger partial charge in [0.05, 0.1) is 11.5 Å². The van der Waals surface area contributed by atoms with E-state index in [1.807, 2.05) is 0 Å². The number of hydrogen-bond acceptors (Lipinski definition) is 3. The number of halogens is 1. The molecule has 1 aromatic carbocycles. The van der Waals surface area contributed by atoms with E-state index >= 15 is 0 Å². The van der Waals surface area contributed by atoms with Gasteiger partial charge in [-0.2, -0.15) is 0 Å². The summed E-state index contributed by atoms with van der Waals surface area (Å²) in [4.78, 5) is 12.9. The Morgan fingerprint density at radius 1 is 1.62 bits per heavy atom. The van der Waals surface area contributed by atoms with Crippen molar-refractivity contribution in [3.05, 3.63) is 38.1 Å². The van der Waals surface area contributed by atoms with Crippen LogP contribution in [0.5, 0.6) is 0 Å². The molecule has 0 aliphatic heterocycles. The molecule has 0 bridgehead atoms.